The first-order valence-corrected chi connectivity index (χ1v) is 41.8. The van der Waals surface area contributed by atoms with Crippen molar-refractivity contribution < 1.29 is 67.6 Å². The van der Waals surface area contributed by atoms with Gasteiger partial charge in [0, 0.05) is 155 Å². The zero-order valence-corrected chi connectivity index (χ0v) is 66.1. The molecule has 8 aromatic rings. The molecule has 4 unspecified atom stereocenters. The predicted octanol–water partition coefficient (Wildman–Crippen LogP) is 7.28. The van der Waals surface area contributed by atoms with E-state index in [0.29, 0.717) is 171 Å². The Bertz CT molecular complexity index is 4430. The third-order valence-electron chi connectivity index (χ3n) is 20.8. The number of alkyl halides is 10. The van der Waals surface area contributed by atoms with Gasteiger partial charge in [0.1, 0.15) is 23.1 Å². The van der Waals surface area contributed by atoms with Crippen LogP contribution in [0.25, 0.3) is 45.4 Å². The number of aromatic nitrogens is 17. The second-order valence-corrected chi connectivity index (χ2v) is 32.1. The summed E-state index contributed by atoms with van der Waals surface area (Å²) in [6.45, 7) is 13.6. The van der Waals surface area contributed by atoms with Gasteiger partial charge in [0.25, 0.3) is 12.9 Å². The van der Waals surface area contributed by atoms with E-state index in [2.05, 4.69) is 84.6 Å². The van der Waals surface area contributed by atoms with Crippen LogP contribution in [0.5, 0.6) is 0 Å². The van der Waals surface area contributed by atoms with Gasteiger partial charge >= 0.3 is 12.4 Å². The molecule has 10 fully saturated rings. The molecular weight excluding hydrogens is 1630 g/mol. The van der Waals surface area contributed by atoms with Crippen LogP contribution in [0.15, 0.2) is 43.0 Å². The molecule has 0 radical (unpaired) electrons. The van der Waals surface area contributed by atoms with Crippen molar-refractivity contribution in [2.24, 2.45) is 0 Å². The van der Waals surface area contributed by atoms with Crippen molar-refractivity contribution in [2.75, 3.05) is 241 Å². The summed E-state index contributed by atoms with van der Waals surface area (Å²) in [6, 6.07) is 4.76. The van der Waals surface area contributed by atoms with E-state index in [-0.39, 0.29) is 81.5 Å². The van der Waals surface area contributed by atoms with Crippen LogP contribution in [0.4, 0.5) is 115 Å². The Morgan fingerprint density at radius 3 is 1.14 bits per heavy atom. The number of nitrogens with zero attached hydrogens (tertiary/aromatic N) is 25. The second-order valence-electron chi connectivity index (χ2n) is 28.4. The topological polar surface area (TPSA) is 395 Å². The fraction of sp³-hybridized carbons (Fsp3) is 0.563. The van der Waals surface area contributed by atoms with Crippen molar-refractivity contribution in [1.29, 1.82) is 0 Å². The molecule has 0 amide bonds. The van der Waals surface area contributed by atoms with Crippen molar-refractivity contribution in [3.63, 3.8) is 0 Å². The first-order chi connectivity index (χ1) is 57.0. The monoisotopic (exact) mass is 1710 g/mol. The number of nitrogen functional groups attached to an aromatic ring is 4. The number of hydrogen-bond donors (Lipinski definition) is 4. The summed E-state index contributed by atoms with van der Waals surface area (Å²) < 4.78 is 164. The average Bonchev–Trinajstić information content (AvgIpc) is 1.58. The summed E-state index contributed by atoms with van der Waals surface area (Å²) in [7, 11) is 0. The fourth-order valence-electron chi connectivity index (χ4n) is 14.9. The van der Waals surface area contributed by atoms with Crippen LogP contribution in [0.3, 0.4) is 0 Å². The molecule has 8 N–H and O–H groups in total. The second kappa shape index (κ2) is 37.3. The Morgan fingerprint density at radius 1 is 0.356 bits per heavy atom. The van der Waals surface area contributed by atoms with Gasteiger partial charge in [0.2, 0.25) is 53.5 Å². The lowest BCUT2D eigenvalue weighted by atomic mass is 10.1. The number of morpholine rings is 5. The van der Waals surface area contributed by atoms with Gasteiger partial charge in [-0.3, -0.25) is 0 Å². The number of ether oxygens (including phenoxy) is 5. The number of halogens is 10. The standard InChI is InChI=1S/C22H26F2N6O2.C17H20F3N7OS.C16H19F3N8OS.C16H20F2N8OS/c23-21(24)16-5-19(25)26-7-17(16)18-6-20(29-12-1-2-13(29)9-31-8-12)28-22(27-18)30-14-3-4-15(30)11-32-10-14;18-17(19,20)12-9-13(21)22-10-11(12)14-23-15(26-1-5-28-6-2-26)25-16(24-14)27-3-7-29-8-4-27;17-16(18,19)11-10(9-21-13(20)22-11)12-23-14(26-1-5-28-6-2-26)25-15(24-12)27-3-7-29-8-4-27;17-12(18)11-10(9-20-14(19)21-11)13-22-15(25-1-5-27-6-2-25)24-16(23-13)26-3-7-28-8-4-26/h5-7,12-15,21H,1-4,8-11H2,(H2,25,26);9-10H,1-8H2,(H2,21,22);9H,1-8H2,(H2,20,21,22);9,12H,1-8H2,(H2,19,20,21). The third kappa shape index (κ3) is 19.8. The minimum atomic E-state index is -4.72. The number of hydrogen-bond acceptors (Lipinski definition) is 37. The smallest absolute Gasteiger partial charge is 0.384 e. The number of pyridine rings is 2. The predicted molar refractivity (Wildman–Crippen MR) is 426 cm³/mol. The molecule has 4 atom stereocenters. The van der Waals surface area contributed by atoms with Gasteiger partial charge in [-0.05, 0) is 37.8 Å². The van der Waals surface area contributed by atoms with E-state index >= 15 is 0 Å². The molecule has 10 aliphatic heterocycles. The summed E-state index contributed by atoms with van der Waals surface area (Å²) in [6.07, 6.45) is -6.00. The first kappa shape index (κ1) is 83.4. The van der Waals surface area contributed by atoms with E-state index in [4.69, 9.17) is 56.6 Å². The van der Waals surface area contributed by atoms with Gasteiger partial charge in [0.05, 0.1) is 118 Å². The van der Waals surface area contributed by atoms with E-state index in [9.17, 15) is 43.9 Å². The molecule has 0 aliphatic carbocycles. The maximum atomic E-state index is 13.9. The van der Waals surface area contributed by atoms with Gasteiger partial charge in [-0.25, -0.2) is 52.4 Å². The quantitative estimate of drug-likeness (QED) is 0.0777. The molecule has 0 aromatic carbocycles. The highest BCUT2D eigenvalue weighted by Gasteiger charge is 2.44. The van der Waals surface area contributed by atoms with Crippen LogP contribution < -0.4 is 62.1 Å². The molecule has 0 spiro atoms. The van der Waals surface area contributed by atoms with Crippen molar-refractivity contribution in [3.8, 4) is 45.4 Å². The number of fused-ring (bicyclic) bond motifs is 4. The molecule has 34 nitrogen and oxygen atoms in total. The molecule has 632 valence electrons. The molecule has 10 aliphatic rings. The molecule has 4 bridgehead atoms. The number of nitrogens with two attached hydrogens (primary N) is 4. The van der Waals surface area contributed by atoms with Crippen LogP contribution in [0.2, 0.25) is 0 Å². The van der Waals surface area contributed by atoms with Crippen LogP contribution in [-0.2, 0) is 36.0 Å². The lowest BCUT2D eigenvalue weighted by Gasteiger charge is -2.38. The summed E-state index contributed by atoms with van der Waals surface area (Å²) in [5, 5.41) is 0. The Kier molecular flexibility index (Phi) is 26.4. The van der Waals surface area contributed by atoms with Crippen molar-refractivity contribution in [1.82, 2.24) is 84.7 Å². The van der Waals surface area contributed by atoms with Crippen molar-refractivity contribution in [3.05, 3.63) is 65.5 Å². The van der Waals surface area contributed by atoms with E-state index in [1.807, 2.05) is 70.8 Å². The van der Waals surface area contributed by atoms with E-state index in [1.165, 1.54) is 18.5 Å². The van der Waals surface area contributed by atoms with Crippen LogP contribution in [-0.4, -0.2) is 288 Å². The van der Waals surface area contributed by atoms with Gasteiger partial charge in [-0.15, -0.1) is 0 Å². The molecular formula is C71H85F10N29O5S3. The van der Waals surface area contributed by atoms with Gasteiger partial charge in [-0.2, -0.15) is 111 Å². The van der Waals surface area contributed by atoms with E-state index in [0.717, 1.165) is 111 Å². The van der Waals surface area contributed by atoms with Crippen LogP contribution in [0, 0.1) is 0 Å². The summed E-state index contributed by atoms with van der Waals surface area (Å²) in [4.78, 5) is 88.7. The largest absolute Gasteiger partial charge is 0.434 e. The minimum absolute atomic E-state index is 0.0606. The van der Waals surface area contributed by atoms with Crippen LogP contribution >= 0.6 is 35.3 Å². The third-order valence-corrected chi connectivity index (χ3v) is 23.6. The van der Waals surface area contributed by atoms with Gasteiger partial charge in [-0.1, -0.05) is 0 Å². The lowest BCUT2D eigenvalue weighted by Crippen LogP contribution is -2.48. The highest BCUT2D eigenvalue weighted by Crippen LogP contribution is 2.43. The number of rotatable bonds is 14. The zero-order chi connectivity index (χ0) is 82.2. The highest BCUT2D eigenvalue weighted by molar-refractivity contribution is 7.99. The van der Waals surface area contributed by atoms with Crippen LogP contribution in [0.1, 0.15) is 61.0 Å². The number of thioether (sulfide) groups is 3. The summed E-state index contributed by atoms with van der Waals surface area (Å²) in [5.74, 6) is 8.30. The average molecular weight is 1710 g/mol. The van der Waals surface area contributed by atoms with Crippen molar-refractivity contribution in [2.45, 2.75) is 75.1 Å². The van der Waals surface area contributed by atoms with Crippen molar-refractivity contribution >= 4 is 106 Å². The molecule has 0 saturated carbocycles. The Hall–Kier alpha value is -9.68. The summed E-state index contributed by atoms with van der Waals surface area (Å²) in [5.41, 5.74) is 19.6. The van der Waals surface area contributed by atoms with Gasteiger partial charge < -0.3 is 85.8 Å². The first-order valence-electron chi connectivity index (χ1n) is 38.4. The highest BCUT2D eigenvalue weighted by atomic mass is 32.2. The number of anilines is 12. The van der Waals surface area contributed by atoms with E-state index in [1.54, 1.807) is 0 Å². The van der Waals surface area contributed by atoms with E-state index < -0.39 is 48.1 Å². The summed E-state index contributed by atoms with van der Waals surface area (Å²) >= 11 is 5.49. The zero-order valence-electron chi connectivity index (χ0n) is 63.7. The lowest BCUT2D eigenvalue weighted by molar-refractivity contribution is -0.140. The molecule has 8 aromatic heterocycles. The molecule has 47 heteroatoms. The minimum Gasteiger partial charge on any atom is -0.384 e. The molecule has 10 saturated heterocycles. The molecule has 118 heavy (non-hydrogen) atoms. The Morgan fingerprint density at radius 2 is 0.729 bits per heavy atom. The Labute approximate surface area is 682 Å². The maximum Gasteiger partial charge on any atom is 0.434 e. The fourth-order valence-corrected chi connectivity index (χ4v) is 17.6. The molecule has 18 heterocycles. The van der Waals surface area contributed by atoms with Gasteiger partial charge in [0.15, 0.2) is 23.2 Å². The Balaban J connectivity index is 0.000000123. The maximum absolute atomic E-state index is 13.9. The molecule has 18 rings (SSSR count). The normalized spacial score (nSPS) is 21.1. The SMILES string of the molecule is Nc1cc(C(F)(F)F)c(-c2nc(N3CCOCC3)nc(N3CCSCC3)n2)cn1.Nc1cc(C(F)F)c(-c2cc(N3C4CCC3COC4)nc(N3C4CCC3COC4)n2)cn1.Nc1ncc(-c2nc(N3CCOCC3)nc(N3CCSCC3)n2)c(C(F)(F)F)n1.Nc1ncc(-c2nc(N3CCOCC3)nc(N3CCSCC3)n2)c(C(F)F)n1.